The second kappa shape index (κ2) is 5.69. The summed E-state index contributed by atoms with van der Waals surface area (Å²) in [6.45, 7) is 3.41. The van der Waals surface area contributed by atoms with Crippen LogP contribution in [0, 0.1) is 6.92 Å². The fraction of sp³-hybridized carbons (Fsp3) is 0.385. The van der Waals surface area contributed by atoms with Crippen LogP contribution in [0.15, 0.2) is 18.7 Å². The van der Waals surface area contributed by atoms with Gasteiger partial charge < -0.3 is 9.30 Å². The molecule has 3 heterocycles. The van der Waals surface area contributed by atoms with Gasteiger partial charge in [-0.15, -0.1) is 11.6 Å². The third-order valence-corrected chi connectivity index (χ3v) is 3.44. The summed E-state index contributed by atoms with van der Waals surface area (Å²) in [5, 5.41) is 4.28. The van der Waals surface area contributed by atoms with E-state index in [0.29, 0.717) is 23.8 Å². The highest BCUT2D eigenvalue weighted by atomic mass is 35.5. The van der Waals surface area contributed by atoms with Crippen molar-refractivity contribution in [3.05, 3.63) is 30.1 Å². The minimum absolute atomic E-state index is 0.303. The molecule has 0 bridgehead atoms. The van der Waals surface area contributed by atoms with Crippen molar-refractivity contribution in [2.24, 2.45) is 0 Å². The van der Waals surface area contributed by atoms with E-state index in [1.165, 1.54) is 6.33 Å². The average Bonchev–Trinajstić information content (AvgIpc) is 3.07. The molecule has 3 aromatic heterocycles. The van der Waals surface area contributed by atoms with Gasteiger partial charge in [0.15, 0.2) is 11.2 Å². The molecule has 21 heavy (non-hydrogen) atoms. The smallest absolute Gasteiger partial charge is 0.245 e. The number of nitrogens with zero attached hydrogens (tertiary/aromatic N) is 6. The van der Waals surface area contributed by atoms with Crippen molar-refractivity contribution in [3.8, 4) is 5.88 Å². The van der Waals surface area contributed by atoms with Gasteiger partial charge in [0.05, 0.1) is 25.7 Å². The van der Waals surface area contributed by atoms with Crippen LogP contribution in [0.5, 0.6) is 5.88 Å². The first-order chi connectivity index (χ1) is 10.2. The van der Waals surface area contributed by atoms with Crippen molar-refractivity contribution in [3.63, 3.8) is 0 Å². The number of fused-ring (bicyclic) bond motifs is 1. The van der Waals surface area contributed by atoms with E-state index in [0.717, 1.165) is 23.6 Å². The monoisotopic (exact) mass is 306 g/mol. The summed E-state index contributed by atoms with van der Waals surface area (Å²) in [6, 6.07) is 0. The van der Waals surface area contributed by atoms with Crippen LogP contribution in [0.1, 0.15) is 11.4 Å². The lowest BCUT2D eigenvalue weighted by atomic mass is 10.4. The van der Waals surface area contributed by atoms with Gasteiger partial charge in [-0.25, -0.2) is 9.97 Å². The van der Waals surface area contributed by atoms with E-state index in [9.17, 15) is 0 Å². The Labute approximate surface area is 126 Å². The van der Waals surface area contributed by atoms with E-state index in [-0.39, 0.29) is 0 Å². The molecule has 3 aromatic rings. The Morgan fingerprint density at radius 3 is 2.81 bits per heavy atom. The maximum atomic E-state index is 5.99. The number of hydrogen-bond donors (Lipinski definition) is 0. The van der Waals surface area contributed by atoms with E-state index >= 15 is 0 Å². The summed E-state index contributed by atoms with van der Waals surface area (Å²) in [5.74, 6) is 1.51. The van der Waals surface area contributed by atoms with Crippen LogP contribution < -0.4 is 4.74 Å². The summed E-state index contributed by atoms with van der Waals surface area (Å²) in [6.07, 6.45) is 5.30. The quantitative estimate of drug-likeness (QED) is 0.672. The van der Waals surface area contributed by atoms with Gasteiger partial charge in [0.1, 0.15) is 12.2 Å². The largest absolute Gasteiger partial charge is 0.479 e. The predicted octanol–water partition coefficient (Wildman–Crippen LogP) is 1.78. The molecule has 0 aromatic carbocycles. The van der Waals surface area contributed by atoms with E-state index < -0.39 is 0 Å². The van der Waals surface area contributed by atoms with Crippen LogP contribution in [-0.4, -0.2) is 36.4 Å². The number of methoxy groups -OCH3 is 1. The molecular weight excluding hydrogens is 292 g/mol. The standard InChI is InChI=1S/C13H15ClN6O/c1-9-6-17-19(7-9)3-4-20-10(5-14)18-11-12(20)15-8-16-13(11)21-2/h6-8H,3-5H2,1-2H3. The minimum Gasteiger partial charge on any atom is -0.479 e. The van der Waals surface area contributed by atoms with Gasteiger partial charge in [0, 0.05) is 12.7 Å². The first kappa shape index (κ1) is 13.8. The van der Waals surface area contributed by atoms with Gasteiger partial charge in [-0.3, -0.25) is 4.68 Å². The predicted molar refractivity (Wildman–Crippen MR) is 78.4 cm³/mol. The van der Waals surface area contributed by atoms with Crippen LogP contribution in [0.2, 0.25) is 0 Å². The Balaban J connectivity index is 1.96. The molecule has 0 unspecified atom stereocenters. The lowest BCUT2D eigenvalue weighted by Crippen LogP contribution is -2.10. The third-order valence-electron chi connectivity index (χ3n) is 3.21. The van der Waals surface area contributed by atoms with Gasteiger partial charge >= 0.3 is 0 Å². The topological polar surface area (TPSA) is 70.7 Å². The number of hydrogen-bond acceptors (Lipinski definition) is 5. The molecule has 8 heteroatoms. The fourth-order valence-corrected chi connectivity index (χ4v) is 2.44. The number of imidazole rings is 1. The molecule has 0 saturated heterocycles. The summed E-state index contributed by atoms with van der Waals surface area (Å²) < 4.78 is 9.08. The molecule has 0 aliphatic carbocycles. The molecule has 0 amide bonds. The second-order valence-electron chi connectivity index (χ2n) is 4.65. The fourth-order valence-electron chi connectivity index (χ4n) is 2.24. The summed E-state index contributed by atoms with van der Waals surface area (Å²) in [7, 11) is 1.56. The zero-order chi connectivity index (χ0) is 14.8. The molecule has 0 aliphatic rings. The lowest BCUT2D eigenvalue weighted by Gasteiger charge is -2.07. The van der Waals surface area contributed by atoms with Crippen LogP contribution in [0.25, 0.3) is 11.2 Å². The zero-order valence-corrected chi connectivity index (χ0v) is 12.6. The van der Waals surface area contributed by atoms with Gasteiger partial charge in [0.2, 0.25) is 5.88 Å². The first-order valence-electron chi connectivity index (χ1n) is 6.52. The zero-order valence-electron chi connectivity index (χ0n) is 11.8. The van der Waals surface area contributed by atoms with Crippen molar-refractivity contribution in [2.75, 3.05) is 7.11 Å². The maximum absolute atomic E-state index is 5.99. The first-order valence-corrected chi connectivity index (χ1v) is 7.05. The van der Waals surface area contributed by atoms with Crippen molar-refractivity contribution in [2.45, 2.75) is 25.9 Å². The van der Waals surface area contributed by atoms with Crippen LogP contribution >= 0.6 is 11.6 Å². The summed E-state index contributed by atoms with van der Waals surface area (Å²) in [4.78, 5) is 12.8. The van der Waals surface area contributed by atoms with Crippen LogP contribution in [-0.2, 0) is 19.0 Å². The molecule has 0 fully saturated rings. The van der Waals surface area contributed by atoms with Crippen molar-refractivity contribution < 1.29 is 4.74 Å². The molecule has 3 rings (SSSR count). The highest BCUT2D eigenvalue weighted by Gasteiger charge is 2.15. The van der Waals surface area contributed by atoms with Crippen molar-refractivity contribution in [1.82, 2.24) is 29.3 Å². The van der Waals surface area contributed by atoms with Gasteiger partial charge in [0.25, 0.3) is 0 Å². The highest BCUT2D eigenvalue weighted by molar-refractivity contribution is 6.16. The van der Waals surface area contributed by atoms with Gasteiger partial charge in [-0.1, -0.05) is 0 Å². The number of aromatic nitrogens is 6. The molecule has 0 saturated carbocycles. The number of alkyl halides is 1. The van der Waals surface area contributed by atoms with E-state index in [1.54, 1.807) is 7.11 Å². The van der Waals surface area contributed by atoms with E-state index in [4.69, 9.17) is 16.3 Å². The molecule has 0 N–H and O–H groups in total. The molecule has 0 radical (unpaired) electrons. The molecular formula is C13H15ClN6O. The maximum Gasteiger partial charge on any atom is 0.245 e. The van der Waals surface area contributed by atoms with E-state index in [2.05, 4.69) is 20.1 Å². The van der Waals surface area contributed by atoms with Crippen molar-refractivity contribution >= 4 is 22.8 Å². The Morgan fingerprint density at radius 1 is 1.29 bits per heavy atom. The third kappa shape index (κ3) is 2.56. The molecule has 0 aliphatic heterocycles. The Bertz CT molecular complexity index is 765. The number of rotatable bonds is 5. The highest BCUT2D eigenvalue weighted by Crippen LogP contribution is 2.22. The average molecular weight is 307 g/mol. The summed E-state index contributed by atoms with van der Waals surface area (Å²) >= 11 is 5.99. The summed E-state index contributed by atoms with van der Waals surface area (Å²) in [5.41, 5.74) is 2.49. The molecule has 0 spiro atoms. The number of halogens is 1. The van der Waals surface area contributed by atoms with Crippen molar-refractivity contribution in [1.29, 1.82) is 0 Å². The molecule has 7 nitrogen and oxygen atoms in total. The second-order valence-corrected chi connectivity index (χ2v) is 4.92. The lowest BCUT2D eigenvalue weighted by molar-refractivity contribution is 0.401. The van der Waals surface area contributed by atoms with Gasteiger partial charge in [-0.2, -0.15) is 10.1 Å². The molecule has 0 atom stereocenters. The number of ether oxygens (including phenoxy) is 1. The molecule has 110 valence electrons. The van der Waals surface area contributed by atoms with Crippen LogP contribution in [0.4, 0.5) is 0 Å². The Hall–Kier alpha value is -2.15. The van der Waals surface area contributed by atoms with Crippen LogP contribution in [0.3, 0.4) is 0 Å². The minimum atomic E-state index is 0.303. The SMILES string of the molecule is COc1ncnc2c1nc(CCl)n2CCn1cc(C)cn1. The normalized spacial score (nSPS) is 11.2. The Kier molecular flexibility index (Phi) is 3.74. The number of aryl methyl sites for hydroxylation is 3. The van der Waals surface area contributed by atoms with Gasteiger partial charge in [-0.05, 0) is 12.5 Å². The van der Waals surface area contributed by atoms with E-state index in [1.807, 2.05) is 28.6 Å². The Morgan fingerprint density at radius 2 is 2.14 bits per heavy atom.